The lowest BCUT2D eigenvalue weighted by atomic mass is 10.0. The molecule has 140 valence electrons. The van der Waals surface area contributed by atoms with E-state index in [-0.39, 0.29) is 18.6 Å². The quantitative estimate of drug-likeness (QED) is 0.607. The minimum atomic E-state index is -4.42. The summed E-state index contributed by atoms with van der Waals surface area (Å²) < 4.78 is 38.4. The summed E-state index contributed by atoms with van der Waals surface area (Å²) in [5.41, 5.74) is 1.81. The summed E-state index contributed by atoms with van der Waals surface area (Å²) in [7, 11) is 0. The van der Waals surface area contributed by atoms with Crippen LogP contribution >= 0.6 is 0 Å². The SMILES string of the molecule is O=C(Cc1cncc(C#Cc2ccccc2)c1)Cc1cccc(C(F)(F)F)c1. The van der Waals surface area contributed by atoms with Gasteiger partial charge in [0.05, 0.1) is 5.56 Å². The second kappa shape index (κ2) is 8.53. The highest BCUT2D eigenvalue weighted by Gasteiger charge is 2.30. The Morgan fingerprint density at radius 1 is 0.821 bits per heavy atom. The number of alkyl halides is 3. The van der Waals surface area contributed by atoms with Crippen LogP contribution in [-0.2, 0) is 23.8 Å². The maximum Gasteiger partial charge on any atom is 0.416 e. The first-order chi connectivity index (χ1) is 13.4. The maximum atomic E-state index is 12.8. The van der Waals surface area contributed by atoms with Crippen molar-refractivity contribution in [1.29, 1.82) is 0 Å². The van der Waals surface area contributed by atoms with Crippen LogP contribution in [0, 0.1) is 11.8 Å². The molecule has 0 unspecified atom stereocenters. The van der Waals surface area contributed by atoms with Gasteiger partial charge in [-0.3, -0.25) is 9.78 Å². The van der Waals surface area contributed by atoms with Gasteiger partial charge < -0.3 is 0 Å². The molecule has 0 saturated heterocycles. The number of carbonyl (C=O) groups is 1. The van der Waals surface area contributed by atoms with Gasteiger partial charge in [-0.25, -0.2) is 0 Å². The molecule has 0 radical (unpaired) electrons. The molecule has 0 N–H and O–H groups in total. The second-order valence-corrected chi connectivity index (χ2v) is 6.29. The van der Waals surface area contributed by atoms with Gasteiger partial charge >= 0.3 is 6.18 Å². The van der Waals surface area contributed by atoms with Crippen molar-refractivity contribution in [2.75, 3.05) is 0 Å². The number of halogens is 3. The Balaban J connectivity index is 1.67. The van der Waals surface area contributed by atoms with Gasteiger partial charge in [0, 0.05) is 36.4 Å². The first-order valence-electron chi connectivity index (χ1n) is 8.59. The predicted molar refractivity (Wildman–Crippen MR) is 101 cm³/mol. The van der Waals surface area contributed by atoms with Crippen molar-refractivity contribution in [2.24, 2.45) is 0 Å². The minimum Gasteiger partial charge on any atom is -0.299 e. The smallest absolute Gasteiger partial charge is 0.299 e. The molecule has 2 nitrogen and oxygen atoms in total. The van der Waals surface area contributed by atoms with Crippen molar-refractivity contribution in [3.05, 3.63) is 101 Å². The summed E-state index contributed by atoms with van der Waals surface area (Å²) in [5, 5.41) is 0. The molecule has 3 rings (SSSR count). The summed E-state index contributed by atoms with van der Waals surface area (Å²) in [4.78, 5) is 16.4. The van der Waals surface area contributed by atoms with E-state index in [1.54, 1.807) is 18.5 Å². The topological polar surface area (TPSA) is 30.0 Å². The van der Waals surface area contributed by atoms with Gasteiger partial charge in [-0.1, -0.05) is 48.2 Å². The third-order valence-corrected chi connectivity index (χ3v) is 3.98. The van der Waals surface area contributed by atoms with Gasteiger partial charge in [-0.15, -0.1) is 0 Å². The fraction of sp³-hybridized carbons (Fsp3) is 0.130. The molecule has 1 aromatic heterocycles. The molecule has 0 aliphatic rings. The van der Waals surface area contributed by atoms with Crippen LogP contribution in [0.25, 0.3) is 0 Å². The molecule has 0 fully saturated rings. The molecule has 3 aromatic rings. The zero-order valence-corrected chi connectivity index (χ0v) is 14.8. The number of Topliss-reactive ketones (excluding diaryl/α,β-unsaturated/α-hetero) is 1. The van der Waals surface area contributed by atoms with Crippen LogP contribution in [0.5, 0.6) is 0 Å². The average Bonchev–Trinajstić information content (AvgIpc) is 2.67. The van der Waals surface area contributed by atoms with Crippen LogP contribution in [0.1, 0.15) is 27.8 Å². The van der Waals surface area contributed by atoms with Crippen LogP contribution < -0.4 is 0 Å². The van der Waals surface area contributed by atoms with Crippen molar-refractivity contribution >= 4 is 5.78 Å². The molecule has 1 heterocycles. The molecule has 0 saturated carbocycles. The highest BCUT2D eigenvalue weighted by Crippen LogP contribution is 2.29. The summed E-state index contributed by atoms with van der Waals surface area (Å²) in [6.07, 6.45) is -1.23. The van der Waals surface area contributed by atoms with Gasteiger partial charge in [-0.05, 0) is 35.4 Å². The Kier molecular flexibility index (Phi) is 5.90. The molecule has 0 amide bonds. The fourth-order valence-electron chi connectivity index (χ4n) is 2.69. The van der Waals surface area contributed by atoms with Crippen molar-refractivity contribution in [1.82, 2.24) is 4.98 Å². The van der Waals surface area contributed by atoms with E-state index in [9.17, 15) is 18.0 Å². The van der Waals surface area contributed by atoms with Crippen LogP contribution in [0.4, 0.5) is 13.2 Å². The largest absolute Gasteiger partial charge is 0.416 e. The molecule has 0 aliphatic carbocycles. The Morgan fingerprint density at radius 2 is 1.54 bits per heavy atom. The van der Waals surface area contributed by atoms with E-state index in [1.165, 1.54) is 12.1 Å². The van der Waals surface area contributed by atoms with Crippen LogP contribution in [-0.4, -0.2) is 10.8 Å². The first-order valence-corrected chi connectivity index (χ1v) is 8.59. The molecule has 0 bridgehead atoms. The third-order valence-electron chi connectivity index (χ3n) is 3.98. The van der Waals surface area contributed by atoms with E-state index >= 15 is 0 Å². The lowest BCUT2D eigenvalue weighted by Crippen LogP contribution is -2.09. The molecule has 0 aliphatic heterocycles. The maximum absolute atomic E-state index is 12.8. The number of aromatic nitrogens is 1. The normalized spacial score (nSPS) is 10.8. The van der Waals surface area contributed by atoms with Crippen molar-refractivity contribution in [3.63, 3.8) is 0 Å². The summed E-state index contributed by atoms with van der Waals surface area (Å²) >= 11 is 0. The Labute approximate surface area is 161 Å². The van der Waals surface area contributed by atoms with E-state index in [0.29, 0.717) is 16.7 Å². The monoisotopic (exact) mass is 379 g/mol. The van der Waals surface area contributed by atoms with E-state index < -0.39 is 11.7 Å². The molecule has 2 aromatic carbocycles. The van der Waals surface area contributed by atoms with Gasteiger partial charge in [-0.2, -0.15) is 13.2 Å². The zero-order valence-electron chi connectivity index (χ0n) is 14.8. The van der Waals surface area contributed by atoms with Crippen molar-refractivity contribution < 1.29 is 18.0 Å². The molecule has 5 heteroatoms. The van der Waals surface area contributed by atoms with Gasteiger partial charge in [0.1, 0.15) is 5.78 Å². The van der Waals surface area contributed by atoms with Gasteiger partial charge in [0.25, 0.3) is 0 Å². The second-order valence-electron chi connectivity index (χ2n) is 6.29. The Bertz CT molecular complexity index is 1030. The number of hydrogen-bond acceptors (Lipinski definition) is 2. The van der Waals surface area contributed by atoms with E-state index in [1.807, 2.05) is 30.3 Å². The van der Waals surface area contributed by atoms with Crippen molar-refractivity contribution in [3.8, 4) is 11.8 Å². The molecular weight excluding hydrogens is 363 g/mol. The molecular formula is C23H16F3NO. The number of benzene rings is 2. The van der Waals surface area contributed by atoms with Crippen molar-refractivity contribution in [2.45, 2.75) is 19.0 Å². The van der Waals surface area contributed by atoms with E-state index in [4.69, 9.17) is 0 Å². The number of hydrogen-bond donors (Lipinski definition) is 0. The molecule has 0 atom stereocenters. The number of nitrogens with zero attached hydrogens (tertiary/aromatic N) is 1. The summed E-state index contributed by atoms with van der Waals surface area (Å²) in [5.74, 6) is 5.83. The lowest BCUT2D eigenvalue weighted by Gasteiger charge is -2.08. The standard InChI is InChI=1S/C23H16F3NO/c24-23(25,26)21-8-4-7-18(12-21)13-22(28)14-20-11-19(15-27-16-20)10-9-17-5-2-1-3-6-17/h1-8,11-12,15-16H,13-14H2. The zero-order chi connectivity index (χ0) is 20.0. The fourth-order valence-corrected chi connectivity index (χ4v) is 2.69. The van der Waals surface area contributed by atoms with Gasteiger partial charge in [0.15, 0.2) is 0 Å². The Hall–Kier alpha value is -3.39. The first kappa shape index (κ1) is 19.4. The van der Waals surface area contributed by atoms with Gasteiger partial charge in [0.2, 0.25) is 0 Å². The molecule has 28 heavy (non-hydrogen) atoms. The van der Waals surface area contributed by atoms with E-state index in [0.717, 1.165) is 17.7 Å². The number of pyridine rings is 1. The lowest BCUT2D eigenvalue weighted by molar-refractivity contribution is -0.137. The molecule has 0 spiro atoms. The predicted octanol–water partition coefficient (Wildman–Crippen LogP) is 4.85. The number of ketones is 1. The van der Waals surface area contributed by atoms with Crippen LogP contribution in [0.15, 0.2) is 73.1 Å². The summed E-state index contributed by atoms with van der Waals surface area (Å²) in [6.45, 7) is 0. The highest BCUT2D eigenvalue weighted by atomic mass is 19.4. The third kappa shape index (κ3) is 5.55. The Morgan fingerprint density at radius 3 is 2.29 bits per heavy atom. The number of rotatable bonds is 4. The van der Waals surface area contributed by atoms with Crippen LogP contribution in [0.2, 0.25) is 0 Å². The average molecular weight is 379 g/mol. The minimum absolute atomic E-state index is 0.0656. The van der Waals surface area contributed by atoms with E-state index in [2.05, 4.69) is 16.8 Å². The summed E-state index contributed by atoms with van der Waals surface area (Å²) in [6, 6.07) is 16.1. The van der Waals surface area contributed by atoms with Crippen LogP contribution in [0.3, 0.4) is 0 Å². The highest BCUT2D eigenvalue weighted by molar-refractivity contribution is 5.83. The number of carbonyl (C=O) groups excluding carboxylic acids is 1.